The number of hydrogen-bond acceptors (Lipinski definition) is 5. The first kappa shape index (κ1) is 21.2. The summed E-state index contributed by atoms with van der Waals surface area (Å²) in [5.41, 5.74) is 0.280. The summed E-state index contributed by atoms with van der Waals surface area (Å²) in [5.74, 6) is -0.853. The molecule has 1 N–H and O–H groups in total. The van der Waals surface area contributed by atoms with Crippen LogP contribution in [0.15, 0.2) is 52.3 Å². The Morgan fingerprint density at radius 3 is 2.66 bits per heavy atom. The highest BCUT2D eigenvalue weighted by atomic mass is 35.5. The number of pyridine rings is 1. The van der Waals surface area contributed by atoms with E-state index >= 15 is 0 Å². The molecular formula is C19H15Cl2N3O4S. The zero-order chi connectivity index (χ0) is 21.0. The Bertz CT molecular complexity index is 1070. The summed E-state index contributed by atoms with van der Waals surface area (Å²) >= 11 is 12.8. The number of nitrogens with one attached hydrogen (secondary N) is 1. The molecule has 0 radical (unpaired) electrons. The first-order valence-electron chi connectivity index (χ1n) is 8.48. The smallest absolute Gasteiger partial charge is 0.293 e. The summed E-state index contributed by atoms with van der Waals surface area (Å²) in [6, 6.07) is 9.43. The van der Waals surface area contributed by atoms with Gasteiger partial charge in [0.05, 0.1) is 4.91 Å². The molecule has 2 heterocycles. The Hall–Kier alpha value is -2.55. The molecule has 1 aliphatic heterocycles. The highest BCUT2D eigenvalue weighted by molar-refractivity contribution is 8.18. The highest BCUT2D eigenvalue weighted by Gasteiger charge is 2.34. The van der Waals surface area contributed by atoms with Gasteiger partial charge in [0.2, 0.25) is 5.91 Å². The SMILES string of the molecule is O=C(Cn1ccccc1=O)NCCN1C(=O)SC(=Cc2ccc(Cl)cc2Cl)C1=O. The first-order valence-corrected chi connectivity index (χ1v) is 10.0. The molecular weight excluding hydrogens is 437 g/mol. The van der Waals surface area contributed by atoms with Crippen LogP contribution in [0.4, 0.5) is 4.79 Å². The fraction of sp³-hybridized carbons (Fsp3) is 0.158. The number of rotatable bonds is 6. The Labute approximate surface area is 180 Å². The maximum atomic E-state index is 12.5. The predicted octanol–water partition coefficient (Wildman–Crippen LogP) is 3.01. The largest absolute Gasteiger partial charge is 0.353 e. The third kappa shape index (κ3) is 5.29. The monoisotopic (exact) mass is 451 g/mol. The highest BCUT2D eigenvalue weighted by Crippen LogP contribution is 2.33. The van der Waals surface area contributed by atoms with Gasteiger partial charge in [-0.2, -0.15) is 0 Å². The Morgan fingerprint density at radius 1 is 1.14 bits per heavy atom. The molecule has 3 rings (SSSR count). The van der Waals surface area contributed by atoms with Crippen molar-refractivity contribution in [3.8, 4) is 0 Å². The second kappa shape index (κ2) is 9.30. The average Bonchev–Trinajstić information content (AvgIpc) is 2.93. The molecule has 10 heteroatoms. The van der Waals surface area contributed by atoms with E-state index < -0.39 is 17.1 Å². The lowest BCUT2D eigenvalue weighted by molar-refractivity contribution is -0.124. The van der Waals surface area contributed by atoms with Gasteiger partial charge in [-0.1, -0.05) is 35.3 Å². The predicted molar refractivity (Wildman–Crippen MR) is 113 cm³/mol. The van der Waals surface area contributed by atoms with Gasteiger partial charge >= 0.3 is 0 Å². The fourth-order valence-electron chi connectivity index (χ4n) is 2.56. The first-order chi connectivity index (χ1) is 13.8. The van der Waals surface area contributed by atoms with E-state index in [0.717, 1.165) is 16.7 Å². The number of imide groups is 1. The molecule has 1 aliphatic rings. The van der Waals surface area contributed by atoms with Crippen molar-refractivity contribution in [3.63, 3.8) is 0 Å². The van der Waals surface area contributed by atoms with Gasteiger partial charge in [-0.3, -0.25) is 24.1 Å². The van der Waals surface area contributed by atoms with Gasteiger partial charge < -0.3 is 9.88 Å². The van der Waals surface area contributed by atoms with E-state index in [-0.39, 0.29) is 30.1 Å². The van der Waals surface area contributed by atoms with Crippen LogP contribution < -0.4 is 10.9 Å². The van der Waals surface area contributed by atoms with Gasteiger partial charge in [0.1, 0.15) is 6.54 Å². The molecule has 0 saturated carbocycles. The number of carbonyl (C=O) groups is 3. The summed E-state index contributed by atoms with van der Waals surface area (Å²) in [7, 11) is 0. The van der Waals surface area contributed by atoms with Crippen molar-refractivity contribution in [1.29, 1.82) is 0 Å². The standard InChI is InChI=1S/C19H15Cl2N3O4S/c20-13-5-4-12(14(21)10-13)9-15-18(27)24(19(28)29-15)8-6-22-16(25)11-23-7-2-1-3-17(23)26/h1-5,7,9-10H,6,8,11H2,(H,22,25). The van der Waals surface area contributed by atoms with Crippen molar-refractivity contribution in [1.82, 2.24) is 14.8 Å². The summed E-state index contributed by atoms with van der Waals surface area (Å²) < 4.78 is 1.26. The van der Waals surface area contributed by atoms with E-state index in [2.05, 4.69) is 5.32 Å². The second-order valence-corrected chi connectivity index (χ2v) is 7.85. The van der Waals surface area contributed by atoms with E-state index in [4.69, 9.17) is 23.2 Å². The van der Waals surface area contributed by atoms with E-state index in [1.54, 1.807) is 30.3 Å². The molecule has 3 amide bonds. The lowest BCUT2D eigenvalue weighted by Gasteiger charge is -2.13. The average molecular weight is 452 g/mol. The van der Waals surface area contributed by atoms with Gasteiger partial charge in [-0.05, 0) is 41.6 Å². The molecule has 1 aromatic carbocycles. The lowest BCUT2D eigenvalue weighted by Crippen LogP contribution is -2.39. The van der Waals surface area contributed by atoms with Crippen LogP contribution >= 0.6 is 35.0 Å². The number of aromatic nitrogens is 1. The third-order valence-electron chi connectivity index (χ3n) is 3.99. The van der Waals surface area contributed by atoms with Crippen LogP contribution in [0.1, 0.15) is 5.56 Å². The molecule has 150 valence electrons. The topological polar surface area (TPSA) is 88.5 Å². The van der Waals surface area contributed by atoms with Crippen LogP contribution in [-0.2, 0) is 16.1 Å². The van der Waals surface area contributed by atoms with E-state index in [1.165, 1.54) is 22.9 Å². The molecule has 0 aliphatic carbocycles. The van der Waals surface area contributed by atoms with Gasteiger partial charge in [0, 0.05) is 35.4 Å². The van der Waals surface area contributed by atoms with Gasteiger partial charge in [0.25, 0.3) is 16.7 Å². The van der Waals surface area contributed by atoms with E-state index in [9.17, 15) is 19.2 Å². The Balaban J connectivity index is 1.58. The molecule has 0 spiro atoms. The minimum absolute atomic E-state index is 0.0196. The molecule has 1 fully saturated rings. The third-order valence-corrected chi connectivity index (χ3v) is 5.46. The van der Waals surface area contributed by atoms with Crippen LogP contribution in [0.25, 0.3) is 6.08 Å². The minimum Gasteiger partial charge on any atom is -0.353 e. The van der Waals surface area contributed by atoms with Crippen LogP contribution in [-0.4, -0.2) is 39.6 Å². The minimum atomic E-state index is -0.459. The summed E-state index contributed by atoms with van der Waals surface area (Å²) in [6.45, 7) is -0.0459. The molecule has 29 heavy (non-hydrogen) atoms. The zero-order valence-electron chi connectivity index (χ0n) is 14.9. The van der Waals surface area contributed by atoms with E-state index in [0.29, 0.717) is 15.6 Å². The van der Waals surface area contributed by atoms with Crippen molar-refractivity contribution in [3.05, 3.63) is 73.5 Å². The number of carbonyl (C=O) groups excluding carboxylic acids is 3. The number of benzene rings is 1. The van der Waals surface area contributed by atoms with Crippen molar-refractivity contribution in [2.75, 3.05) is 13.1 Å². The number of amides is 3. The van der Waals surface area contributed by atoms with Crippen molar-refractivity contribution in [2.24, 2.45) is 0 Å². The van der Waals surface area contributed by atoms with Gasteiger partial charge in [0.15, 0.2) is 0 Å². The quantitative estimate of drug-likeness (QED) is 0.681. The van der Waals surface area contributed by atoms with Crippen molar-refractivity contribution >= 4 is 58.1 Å². The number of halogens is 2. The second-order valence-electron chi connectivity index (χ2n) is 6.02. The summed E-state index contributed by atoms with van der Waals surface area (Å²) in [6.07, 6.45) is 3.04. The van der Waals surface area contributed by atoms with Crippen LogP contribution in [0.5, 0.6) is 0 Å². The molecule has 0 atom stereocenters. The normalized spacial score (nSPS) is 15.2. The summed E-state index contributed by atoms with van der Waals surface area (Å²) in [5, 5.41) is 3.00. The number of nitrogens with zero attached hydrogens (tertiary/aromatic N) is 2. The Kier molecular flexibility index (Phi) is 6.79. The van der Waals surface area contributed by atoms with E-state index in [1.807, 2.05) is 0 Å². The fourth-order valence-corrected chi connectivity index (χ4v) is 3.88. The molecule has 7 nitrogen and oxygen atoms in total. The van der Waals surface area contributed by atoms with Gasteiger partial charge in [-0.25, -0.2) is 0 Å². The number of thioether (sulfide) groups is 1. The van der Waals surface area contributed by atoms with Crippen LogP contribution in [0, 0.1) is 0 Å². The van der Waals surface area contributed by atoms with Crippen molar-refractivity contribution in [2.45, 2.75) is 6.54 Å². The number of hydrogen-bond donors (Lipinski definition) is 1. The molecule has 1 saturated heterocycles. The summed E-state index contributed by atoms with van der Waals surface area (Å²) in [4.78, 5) is 49.5. The molecule has 0 bridgehead atoms. The maximum absolute atomic E-state index is 12.5. The zero-order valence-corrected chi connectivity index (χ0v) is 17.3. The van der Waals surface area contributed by atoms with Gasteiger partial charge in [-0.15, -0.1) is 0 Å². The molecule has 2 aromatic rings. The Morgan fingerprint density at radius 2 is 1.93 bits per heavy atom. The van der Waals surface area contributed by atoms with Crippen LogP contribution in [0.3, 0.4) is 0 Å². The maximum Gasteiger partial charge on any atom is 0.293 e. The van der Waals surface area contributed by atoms with Crippen molar-refractivity contribution < 1.29 is 14.4 Å². The molecule has 0 unspecified atom stereocenters. The molecule has 1 aromatic heterocycles. The van der Waals surface area contributed by atoms with Crippen LogP contribution in [0.2, 0.25) is 10.0 Å². The lowest BCUT2D eigenvalue weighted by atomic mass is 10.2.